The van der Waals surface area contributed by atoms with E-state index in [2.05, 4.69) is 24.4 Å². The third kappa shape index (κ3) is 2.21. The molecule has 1 nitrogen and oxygen atoms in total. The molecule has 0 spiro atoms. The summed E-state index contributed by atoms with van der Waals surface area (Å²) in [6, 6.07) is 4.13. The van der Waals surface area contributed by atoms with Crippen LogP contribution in [0.15, 0.2) is 17.5 Å². The molecule has 0 amide bonds. The van der Waals surface area contributed by atoms with Gasteiger partial charge in [0.15, 0.2) is 0 Å². The van der Waals surface area contributed by atoms with E-state index in [4.69, 9.17) is 5.26 Å². The molecular weight excluding hydrogens is 154 g/mol. The molecule has 0 saturated heterocycles. The van der Waals surface area contributed by atoms with Crippen molar-refractivity contribution < 1.29 is 0 Å². The van der Waals surface area contributed by atoms with Gasteiger partial charge in [0.25, 0.3) is 0 Å². The smallest absolute Gasteiger partial charge is 0.0663 e. The number of hydrogen-bond donors (Lipinski definition) is 0. The summed E-state index contributed by atoms with van der Waals surface area (Å²) in [6.45, 7) is 2.08. The number of thiophene rings is 1. The van der Waals surface area contributed by atoms with Crippen LogP contribution >= 0.6 is 11.3 Å². The monoisotopic (exact) mass is 163 g/mol. The highest BCUT2D eigenvalue weighted by Crippen LogP contribution is 2.16. The summed E-state index contributed by atoms with van der Waals surface area (Å²) in [5.74, 6) is 0. The largest absolute Gasteiger partial charge is 0.198 e. The van der Waals surface area contributed by atoms with Crippen LogP contribution in [-0.2, 0) is 0 Å². The van der Waals surface area contributed by atoms with Crippen molar-refractivity contribution in [3.8, 4) is 6.07 Å². The van der Waals surface area contributed by atoms with Crippen LogP contribution in [0.5, 0.6) is 0 Å². The number of hydrogen-bond acceptors (Lipinski definition) is 2. The Morgan fingerprint density at radius 2 is 2.55 bits per heavy atom. The van der Waals surface area contributed by atoms with E-state index in [0.29, 0.717) is 6.42 Å². The van der Waals surface area contributed by atoms with E-state index in [-0.39, 0.29) is 0 Å². The minimum Gasteiger partial charge on any atom is -0.198 e. The molecule has 0 fully saturated rings. The molecular formula is C9H9NS. The molecule has 1 aromatic rings. The fourth-order valence-corrected chi connectivity index (χ4v) is 1.50. The van der Waals surface area contributed by atoms with Crippen LogP contribution in [-0.4, -0.2) is 0 Å². The molecule has 2 heteroatoms. The van der Waals surface area contributed by atoms with Gasteiger partial charge in [-0.05, 0) is 23.9 Å². The first-order valence-corrected chi connectivity index (χ1v) is 4.30. The van der Waals surface area contributed by atoms with Crippen LogP contribution < -0.4 is 0 Å². The summed E-state index contributed by atoms with van der Waals surface area (Å²) in [5.41, 5.74) is 1.23. The molecule has 0 unspecified atom stereocenters. The predicted octanol–water partition coefficient (Wildman–Crippen LogP) is 2.98. The zero-order valence-corrected chi connectivity index (χ0v) is 7.19. The van der Waals surface area contributed by atoms with Gasteiger partial charge < -0.3 is 0 Å². The molecule has 0 aliphatic carbocycles. The molecule has 0 bridgehead atoms. The molecule has 0 N–H and O–H groups in total. The molecule has 56 valence electrons. The first-order chi connectivity index (χ1) is 5.34. The van der Waals surface area contributed by atoms with Crippen LogP contribution in [0.2, 0.25) is 0 Å². The van der Waals surface area contributed by atoms with Crippen LogP contribution in [0, 0.1) is 18.3 Å². The van der Waals surface area contributed by atoms with Crippen molar-refractivity contribution in [2.45, 2.75) is 13.3 Å². The first kappa shape index (κ1) is 8.03. The molecule has 0 atom stereocenters. The summed E-state index contributed by atoms with van der Waals surface area (Å²) in [4.78, 5) is 1.30. The second kappa shape index (κ2) is 3.95. The molecule has 1 rings (SSSR count). The van der Waals surface area contributed by atoms with E-state index in [0.717, 1.165) is 0 Å². The minimum absolute atomic E-state index is 0.495. The number of allylic oxidation sites excluding steroid dienone is 1. The lowest BCUT2D eigenvalue weighted by Gasteiger charge is -1.86. The molecule has 0 aliphatic rings. The zero-order chi connectivity index (χ0) is 8.10. The normalized spacial score (nSPS) is 10.2. The highest BCUT2D eigenvalue weighted by Gasteiger charge is 1.91. The van der Waals surface area contributed by atoms with Crippen LogP contribution in [0.4, 0.5) is 0 Å². The van der Waals surface area contributed by atoms with Gasteiger partial charge in [-0.2, -0.15) is 5.26 Å². The molecule has 1 aromatic heterocycles. The van der Waals surface area contributed by atoms with Crippen molar-refractivity contribution in [1.29, 1.82) is 5.26 Å². The van der Waals surface area contributed by atoms with Gasteiger partial charge in [-0.3, -0.25) is 0 Å². The maximum Gasteiger partial charge on any atom is 0.0663 e. The van der Waals surface area contributed by atoms with E-state index in [1.54, 1.807) is 11.3 Å². The van der Waals surface area contributed by atoms with Gasteiger partial charge in [-0.15, -0.1) is 11.3 Å². The topological polar surface area (TPSA) is 23.8 Å². The second-order valence-electron chi connectivity index (χ2n) is 2.20. The summed E-state index contributed by atoms with van der Waals surface area (Å²) in [5, 5.41) is 10.3. The summed E-state index contributed by atoms with van der Waals surface area (Å²) in [7, 11) is 0. The SMILES string of the molecule is Cc1sccc1C=CCC#N. The van der Waals surface area contributed by atoms with Crippen molar-refractivity contribution in [1.82, 2.24) is 0 Å². The average Bonchev–Trinajstić information content (AvgIpc) is 2.37. The van der Waals surface area contributed by atoms with Crippen molar-refractivity contribution >= 4 is 17.4 Å². The van der Waals surface area contributed by atoms with Gasteiger partial charge in [0.1, 0.15) is 0 Å². The minimum atomic E-state index is 0.495. The second-order valence-corrected chi connectivity index (χ2v) is 3.32. The Bertz CT molecular complexity index is 291. The third-order valence-corrected chi connectivity index (χ3v) is 2.27. The zero-order valence-electron chi connectivity index (χ0n) is 6.37. The Balaban J connectivity index is 2.65. The molecule has 0 aromatic carbocycles. The van der Waals surface area contributed by atoms with Crippen LogP contribution in [0.1, 0.15) is 16.9 Å². The lowest BCUT2D eigenvalue weighted by molar-refractivity contribution is 1.36. The number of aryl methyl sites for hydroxylation is 1. The average molecular weight is 163 g/mol. The first-order valence-electron chi connectivity index (χ1n) is 3.42. The van der Waals surface area contributed by atoms with Gasteiger partial charge in [0.05, 0.1) is 12.5 Å². The van der Waals surface area contributed by atoms with Gasteiger partial charge in [0, 0.05) is 4.88 Å². The van der Waals surface area contributed by atoms with E-state index in [9.17, 15) is 0 Å². The van der Waals surface area contributed by atoms with Gasteiger partial charge in [-0.25, -0.2) is 0 Å². The van der Waals surface area contributed by atoms with Gasteiger partial charge >= 0.3 is 0 Å². The Morgan fingerprint density at radius 3 is 3.09 bits per heavy atom. The van der Waals surface area contributed by atoms with Gasteiger partial charge in [-0.1, -0.05) is 12.2 Å². The highest BCUT2D eigenvalue weighted by molar-refractivity contribution is 7.10. The van der Waals surface area contributed by atoms with Crippen molar-refractivity contribution in [2.24, 2.45) is 0 Å². The van der Waals surface area contributed by atoms with Crippen LogP contribution in [0.25, 0.3) is 6.08 Å². The third-order valence-electron chi connectivity index (χ3n) is 1.41. The van der Waals surface area contributed by atoms with E-state index in [1.165, 1.54) is 10.4 Å². The summed E-state index contributed by atoms with van der Waals surface area (Å²) in [6.07, 6.45) is 4.37. The van der Waals surface area contributed by atoms with E-state index < -0.39 is 0 Å². The molecule has 0 aliphatic heterocycles. The van der Waals surface area contributed by atoms with Crippen molar-refractivity contribution in [2.75, 3.05) is 0 Å². The van der Waals surface area contributed by atoms with Crippen molar-refractivity contribution in [3.63, 3.8) is 0 Å². The Hall–Kier alpha value is -1.07. The van der Waals surface area contributed by atoms with E-state index in [1.807, 2.05) is 12.2 Å². The predicted molar refractivity (Wildman–Crippen MR) is 48.3 cm³/mol. The maximum atomic E-state index is 8.27. The quantitative estimate of drug-likeness (QED) is 0.657. The molecule has 1 heterocycles. The number of nitriles is 1. The van der Waals surface area contributed by atoms with Gasteiger partial charge in [0.2, 0.25) is 0 Å². The fourth-order valence-electron chi connectivity index (χ4n) is 0.806. The maximum absolute atomic E-state index is 8.27. The van der Waals surface area contributed by atoms with Crippen LogP contribution in [0.3, 0.4) is 0 Å². The molecule has 11 heavy (non-hydrogen) atoms. The molecule has 0 radical (unpaired) electrons. The number of rotatable bonds is 2. The fraction of sp³-hybridized carbons (Fsp3) is 0.222. The summed E-state index contributed by atoms with van der Waals surface area (Å²) < 4.78 is 0. The lowest BCUT2D eigenvalue weighted by Crippen LogP contribution is -1.67. The lowest BCUT2D eigenvalue weighted by atomic mass is 10.2. The Labute approximate surface area is 70.6 Å². The Kier molecular flexibility index (Phi) is 2.88. The van der Waals surface area contributed by atoms with E-state index >= 15 is 0 Å². The van der Waals surface area contributed by atoms with Crippen molar-refractivity contribution in [3.05, 3.63) is 28.0 Å². The standard InChI is InChI=1S/C9H9NS/c1-8-9(5-7-11-8)4-2-3-6-10/h2,4-5,7H,3H2,1H3. The molecule has 0 saturated carbocycles. The highest BCUT2D eigenvalue weighted by atomic mass is 32.1. The summed E-state index contributed by atoms with van der Waals surface area (Å²) >= 11 is 1.73. The Morgan fingerprint density at radius 1 is 1.73 bits per heavy atom. The number of nitrogens with zero attached hydrogens (tertiary/aromatic N) is 1.